The van der Waals surface area contributed by atoms with Crippen LogP contribution in [0.3, 0.4) is 0 Å². The molecule has 0 radical (unpaired) electrons. The Hall–Kier alpha value is -0.460. The summed E-state index contributed by atoms with van der Waals surface area (Å²) in [4.78, 5) is 0. The number of hydrogen-bond acceptors (Lipinski definition) is 5. The molecule has 5 heteroatoms. The molecule has 0 unspecified atom stereocenters. The topological polar surface area (TPSA) is 79.2 Å². The number of aliphatic hydroxyl groups excluding tert-OH is 3. The van der Waals surface area contributed by atoms with Gasteiger partial charge < -0.3 is 24.8 Å². The molecule has 178 valence electrons. The van der Waals surface area contributed by atoms with E-state index in [0.717, 1.165) is 12.8 Å². The molecule has 1 fully saturated rings. The molecule has 0 aromatic rings. The maximum absolute atomic E-state index is 9.84. The maximum Gasteiger partial charge on any atom is 0.111 e. The van der Waals surface area contributed by atoms with E-state index in [4.69, 9.17) is 9.47 Å². The van der Waals surface area contributed by atoms with Gasteiger partial charge in [0.2, 0.25) is 0 Å². The minimum Gasteiger partial charge on any atom is -0.388 e. The zero-order valence-corrected chi connectivity index (χ0v) is 19.4. The lowest BCUT2D eigenvalue weighted by Gasteiger charge is -2.35. The average Bonchev–Trinajstić information content (AvgIpc) is 2.75. The van der Waals surface area contributed by atoms with E-state index < -0.39 is 24.4 Å². The van der Waals surface area contributed by atoms with Gasteiger partial charge in [-0.3, -0.25) is 0 Å². The summed E-state index contributed by atoms with van der Waals surface area (Å²) in [5.41, 5.74) is 0. The molecule has 0 bridgehead atoms. The fourth-order valence-corrected chi connectivity index (χ4v) is 3.91. The van der Waals surface area contributed by atoms with Crippen molar-refractivity contribution >= 4 is 0 Å². The Bertz CT molecular complexity index is 401. The highest BCUT2D eigenvalue weighted by Crippen LogP contribution is 2.16. The van der Waals surface area contributed by atoms with Crippen molar-refractivity contribution in [3.63, 3.8) is 0 Å². The predicted molar refractivity (Wildman–Crippen MR) is 123 cm³/mol. The standard InChI is InChI=1S/C25H48O5/c1-2-3-4-5-6-7-8-9-10-11-12-13-14-15-16-17-18-19-29-21-23-25(28)24(27)22(26)20-30-23/h3-4,22-28H,2,5-21H2,1H3/b4-3+/t22-,23+,24+,25+/m1/s1. The average molecular weight is 429 g/mol. The van der Waals surface area contributed by atoms with Gasteiger partial charge >= 0.3 is 0 Å². The van der Waals surface area contributed by atoms with Crippen LogP contribution >= 0.6 is 0 Å². The fraction of sp³-hybridized carbons (Fsp3) is 0.920. The van der Waals surface area contributed by atoms with Crippen molar-refractivity contribution < 1.29 is 24.8 Å². The molecule has 0 saturated carbocycles. The van der Waals surface area contributed by atoms with Crippen LogP contribution in [0, 0.1) is 0 Å². The number of rotatable bonds is 19. The Labute approximate surface area is 184 Å². The van der Waals surface area contributed by atoms with Crippen LogP contribution in [-0.2, 0) is 9.47 Å². The van der Waals surface area contributed by atoms with E-state index in [-0.39, 0.29) is 13.2 Å². The van der Waals surface area contributed by atoms with Crippen molar-refractivity contribution in [3.8, 4) is 0 Å². The Balaban J connectivity index is 1.75. The van der Waals surface area contributed by atoms with Crippen LogP contribution in [0.4, 0.5) is 0 Å². The first-order valence-corrected chi connectivity index (χ1v) is 12.5. The van der Waals surface area contributed by atoms with Crippen LogP contribution in [0.5, 0.6) is 0 Å². The zero-order chi connectivity index (χ0) is 21.9. The smallest absolute Gasteiger partial charge is 0.111 e. The van der Waals surface area contributed by atoms with Crippen LogP contribution in [-0.4, -0.2) is 59.6 Å². The molecule has 0 aromatic heterocycles. The second-order valence-corrected chi connectivity index (χ2v) is 8.76. The van der Waals surface area contributed by atoms with Crippen molar-refractivity contribution in [3.05, 3.63) is 12.2 Å². The minimum absolute atomic E-state index is 0.0448. The van der Waals surface area contributed by atoms with Crippen LogP contribution in [0.1, 0.15) is 103 Å². The van der Waals surface area contributed by atoms with Gasteiger partial charge in [-0.05, 0) is 25.7 Å². The third kappa shape index (κ3) is 13.8. The molecule has 1 aliphatic heterocycles. The van der Waals surface area contributed by atoms with Gasteiger partial charge in [-0.15, -0.1) is 0 Å². The molecular formula is C25H48O5. The lowest BCUT2D eigenvalue weighted by molar-refractivity contribution is -0.199. The normalized spacial score (nSPS) is 24.7. The first kappa shape index (κ1) is 27.6. The Morgan fingerprint density at radius 3 is 1.83 bits per heavy atom. The molecular weight excluding hydrogens is 380 g/mol. The van der Waals surface area contributed by atoms with Crippen molar-refractivity contribution in [1.82, 2.24) is 0 Å². The number of allylic oxidation sites excluding steroid dienone is 2. The monoisotopic (exact) mass is 428 g/mol. The Morgan fingerprint density at radius 2 is 1.27 bits per heavy atom. The van der Waals surface area contributed by atoms with E-state index in [1.54, 1.807) is 0 Å². The van der Waals surface area contributed by atoms with E-state index in [9.17, 15) is 15.3 Å². The zero-order valence-electron chi connectivity index (χ0n) is 19.4. The first-order chi connectivity index (χ1) is 14.7. The second kappa shape index (κ2) is 19.2. The number of ether oxygens (including phenoxy) is 2. The lowest BCUT2D eigenvalue weighted by Crippen LogP contribution is -2.54. The highest BCUT2D eigenvalue weighted by molar-refractivity contribution is 4.86. The van der Waals surface area contributed by atoms with E-state index in [1.165, 1.54) is 83.5 Å². The van der Waals surface area contributed by atoms with Gasteiger partial charge in [0.15, 0.2) is 0 Å². The van der Waals surface area contributed by atoms with Crippen LogP contribution in [0.25, 0.3) is 0 Å². The highest BCUT2D eigenvalue weighted by Gasteiger charge is 2.37. The third-order valence-corrected chi connectivity index (χ3v) is 5.95. The van der Waals surface area contributed by atoms with E-state index in [1.807, 2.05) is 0 Å². The highest BCUT2D eigenvalue weighted by atomic mass is 16.6. The van der Waals surface area contributed by atoms with Gasteiger partial charge in [-0.25, -0.2) is 0 Å². The summed E-state index contributed by atoms with van der Waals surface area (Å²) in [5.74, 6) is 0. The SMILES string of the molecule is CC/C=C/CCCCCCCCCCCCCCCOC[C@@H]1OC[C@@H](O)[C@H](O)[C@H]1O. The molecule has 1 aliphatic rings. The Morgan fingerprint density at radius 1 is 0.733 bits per heavy atom. The molecule has 0 amide bonds. The number of aliphatic hydroxyl groups is 3. The molecule has 4 atom stereocenters. The maximum atomic E-state index is 9.84. The van der Waals surface area contributed by atoms with Gasteiger partial charge in [-0.2, -0.15) is 0 Å². The van der Waals surface area contributed by atoms with Crippen molar-refractivity contribution in [2.45, 2.75) is 128 Å². The van der Waals surface area contributed by atoms with Gasteiger partial charge in [0.05, 0.1) is 13.2 Å². The molecule has 5 nitrogen and oxygen atoms in total. The van der Waals surface area contributed by atoms with Crippen molar-refractivity contribution in [2.75, 3.05) is 19.8 Å². The molecule has 1 rings (SSSR count). The quantitative estimate of drug-likeness (QED) is 0.201. The largest absolute Gasteiger partial charge is 0.388 e. The summed E-state index contributed by atoms with van der Waals surface area (Å²) < 4.78 is 10.9. The summed E-state index contributed by atoms with van der Waals surface area (Å²) in [6.07, 6.45) is 20.4. The van der Waals surface area contributed by atoms with Gasteiger partial charge in [0.1, 0.15) is 24.4 Å². The van der Waals surface area contributed by atoms with Gasteiger partial charge in [-0.1, -0.05) is 89.7 Å². The van der Waals surface area contributed by atoms with Gasteiger partial charge in [0, 0.05) is 6.61 Å². The summed E-state index contributed by atoms with van der Waals surface area (Å²) >= 11 is 0. The van der Waals surface area contributed by atoms with Crippen molar-refractivity contribution in [1.29, 1.82) is 0 Å². The fourth-order valence-electron chi connectivity index (χ4n) is 3.91. The first-order valence-electron chi connectivity index (χ1n) is 12.5. The van der Waals surface area contributed by atoms with Crippen LogP contribution in [0.15, 0.2) is 12.2 Å². The molecule has 0 aromatic carbocycles. The molecule has 0 aliphatic carbocycles. The van der Waals surface area contributed by atoms with E-state index >= 15 is 0 Å². The molecule has 3 N–H and O–H groups in total. The second-order valence-electron chi connectivity index (χ2n) is 8.76. The summed E-state index contributed by atoms with van der Waals surface area (Å²) in [6, 6.07) is 0. The van der Waals surface area contributed by atoms with E-state index in [0.29, 0.717) is 6.61 Å². The predicted octanol–water partition coefficient (Wildman–Crippen LogP) is 4.91. The van der Waals surface area contributed by atoms with Crippen LogP contribution < -0.4 is 0 Å². The number of hydrogen-bond donors (Lipinski definition) is 3. The summed E-state index contributed by atoms with van der Waals surface area (Å²) in [5, 5.41) is 28.9. The number of unbranched alkanes of at least 4 members (excludes halogenated alkanes) is 13. The Kier molecular flexibility index (Phi) is 17.7. The van der Waals surface area contributed by atoms with E-state index in [2.05, 4.69) is 19.1 Å². The minimum atomic E-state index is -1.15. The molecule has 0 spiro atoms. The lowest BCUT2D eigenvalue weighted by atomic mass is 10.0. The molecule has 1 heterocycles. The van der Waals surface area contributed by atoms with Crippen LogP contribution in [0.2, 0.25) is 0 Å². The van der Waals surface area contributed by atoms with Gasteiger partial charge in [0.25, 0.3) is 0 Å². The summed E-state index contributed by atoms with van der Waals surface area (Å²) in [6.45, 7) is 3.15. The summed E-state index contributed by atoms with van der Waals surface area (Å²) in [7, 11) is 0. The third-order valence-electron chi connectivity index (χ3n) is 5.95. The molecule has 30 heavy (non-hydrogen) atoms. The molecule has 1 saturated heterocycles. The van der Waals surface area contributed by atoms with Crippen molar-refractivity contribution in [2.24, 2.45) is 0 Å².